The van der Waals surface area contributed by atoms with Crippen LogP contribution in [0.1, 0.15) is 4.88 Å². The number of nitrogens with zero attached hydrogens (tertiary/aromatic N) is 1. The highest BCUT2D eigenvalue weighted by Gasteiger charge is 2.09. The van der Waals surface area contributed by atoms with Gasteiger partial charge in [-0.3, -0.25) is 14.9 Å². The van der Waals surface area contributed by atoms with Gasteiger partial charge in [0.15, 0.2) is 0 Å². The zero-order chi connectivity index (χ0) is 11.7. The predicted octanol–water partition coefficient (Wildman–Crippen LogP) is 2.32. The van der Waals surface area contributed by atoms with Crippen LogP contribution in [-0.4, -0.2) is 9.91 Å². The zero-order valence-electron chi connectivity index (χ0n) is 8.39. The molecule has 1 aromatic heterocycles. The van der Waals surface area contributed by atoms with E-state index in [0.717, 1.165) is 27.5 Å². The summed E-state index contributed by atoms with van der Waals surface area (Å²) in [6.45, 7) is 1.83. The number of H-pyrrole nitrogens is 1. The lowest BCUT2D eigenvalue weighted by atomic mass is 10.1. The molecular weight excluding hydrogens is 228 g/mol. The van der Waals surface area contributed by atoms with E-state index in [4.69, 9.17) is 0 Å². The van der Waals surface area contributed by atoms with Crippen LogP contribution in [-0.2, 0) is 0 Å². The second-order valence-corrected chi connectivity index (χ2v) is 4.44. The standard InChI is InChI=1S/C10H8N2O3S/c1-6-9(11-10(13)16-6)7-2-4-8(5-3-7)12(14)15/h2-5H,1H3,(H,11,13). The lowest BCUT2D eigenvalue weighted by molar-refractivity contribution is -0.384. The Morgan fingerprint density at radius 2 is 1.94 bits per heavy atom. The molecule has 1 N–H and O–H groups in total. The molecule has 0 saturated carbocycles. The largest absolute Gasteiger partial charge is 0.312 e. The quantitative estimate of drug-likeness (QED) is 0.642. The van der Waals surface area contributed by atoms with Crippen LogP contribution in [0.5, 0.6) is 0 Å². The normalized spacial score (nSPS) is 10.3. The maximum Gasteiger partial charge on any atom is 0.305 e. The highest BCUT2D eigenvalue weighted by molar-refractivity contribution is 7.09. The first-order chi connectivity index (χ1) is 7.58. The van der Waals surface area contributed by atoms with Crippen molar-refractivity contribution < 1.29 is 4.92 Å². The zero-order valence-corrected chi connectivity index (χ0v) is 9.21. The Morgan fingerprint density at radius 1 is 1.31 bits per heavy atom. The Morgan fingerprint density at radius 3 is 2.38 bits per heavy atom. The van der Waals surface area contributed by atoms with E-state index in [-0.39, 0.29) is 10.6 Å². The van der Waals surface area contributed by atoms with Crippen LogP contribution in [0.3, 0.4) is 0 Å². The van der Waals surface area contributed by atoms with Crippen molar-refractivity contribution in [3.8, 4) is 11.3 Å². The fourth-order valence-electron chi connectivity index (χ4n) is 1.43. The maximum absolute atomic E-state index is 11.1. The number of hydrogen-bond donors (Lipinski definition) is 1. The van der Waals surface area contributed by atoms with Gasteiger partial charge in [-0.1, -0.05) is 11.3 Å². The lowest BCUT2D eigenvalue weighted by Crippen LogP contribution is -1.92. The van der Waals surface area contributed by atoms with E-state index in [0.29, 0.717) is 0 Å². The number of nitro groups is 1. The summed E-state index contributed by atoms with van der Waals surface area (Å²) < 4.78 is 0. The summed E-state index contributed by atoms with van der Waals surface area (Å²) in [6.07, 6.45) is 0. The smallest absolute Gasteiger partial charge is 0.305 e. The molecule has 1 heterocycles. The molecule has 82 valence electrons. The molecule has 0 unspecified atom stereocenters. The van der Waals surface area contributed by atoms with Crippen molar-refractivity contribution in [1.82, 2.24) is 4.98 Å². The molecule has 0 radical (unpaired) electrons. The van der Waals surface area contributed by atoms with Crippen LogP contribution >= 0.6 is 11.3 Å². The van der Waals surface area contributed by atoms with Crippen LogP contribution in [0, 0.1) is 17.0 Å². The molecule has 2 aromatic rings. The first kappa shape index (κ1) is 10.6. The van der Waals surface area contributed by atoms with Gasteiger partial charge in [-0.25, -0.2) is 0 Å². The second-order valence-electron chi connectivity index (χ2n) is 3.25. The van der Waals surface area contributed by atoms with Crippen LogP contribution in [0.2, 0.25) is 0 Å². The van der Waals surface area contributed by atoms with E-state index < -0.39 is 4.92 Å². The van der Waals surface area contributed by atoms with Gasteiger partial charge in [0.25, 0.3) is 5.69 Å². The SMILES string of the molecule is Cc1sc(=O)[nH]c1-c1ccc([N+](=O)[O-])cc1. The van der Waals surface area contributed by atoms with E-state index in [1.807, 2.05) is 6.92 Å². The average molecular weight is 236 g/mol. The molecule has 0 amide bonds. The second kappa shape index (κ2) is 3.90. The number of aryl methyl sites for hydroxylation is 1. The number of hydrogen-bond acceptors (Lipinski definition) is 4. The molecule has 2 rings (SSSR count). The molecule has 0 bridgehead atoms. The van der Waals surface area contributed by atoms with E-state index in [1.165, 1.54) is 12.1 Å². The van der Waals surface area contributed by atoms with Gasteiger partial charge in [0.05, 0.1) is 10.6 Å². The molecule has 0 aliphatic carbocycles. The summed E-state index contributed by atoms with van der Waals surface area (Å²) in [7, 11) is 0. The van der Waals surface area contributed by atoms with Gasteiger partial charge < -0.3 is 4.98 Å². The number of benzene rings is 1. The number of aromatic nitrogens is 1. The molecule has 16 heavy (non-hydrogen) atoms. The highest BCUT2D eigenvalue weighted by Crippen LogP contribution is 2.24. The molecule has 0 aliphatic rings. The number of thiazole rings is 1. The fourth-order valence-corrected chi connectivity index (χ4v) is 2.13. The Labute approximate surface area is 94.5 Å². The summed E-state index contributed by atoms with van der Waals surface area (Å²) >= 11 is 1.13. The van der Waals surface area contributed by atoms with Crippen molar-refractivity contribution in [3.63, 3.8) is 0 Å². The Hall–Kier alpha value is -1.95. The van der Waals surface area contributed by atoms with Gasteiger partial charge in [-0.15, -0.1) is 0 Å². The van der Waals surface area contributed by atoms with Crippen LogP contribution in [0.4, 0.5) is 5.69 Å². The molecule has 0 atom stereocenters. The van der Waals surface area contributed by atoms with Gasteiger partial charge in [-0.2, -0.15) is 0 Å². The molecule has 0 spiro atoms. The number of rotatable bonds is 2. The van der Waals surface area contributed by atoms with Gasteiger partial charge in [0, 0.05) is 17.0 Å². The van der Waals surface area contributed by atoms with Crippen molar-refractivity contribution in [3.05, 3.63) is 48.9 Å². The summed E-state index contributed by atoms with van der Waals surface area (Å²) in [5, 5.41) is 10.5. The van der Waals surface area contributed by atoms with Gasteiger partial charge in [-0.05, 0) is 24.6 Å². The van der Waals surface area contributed by atoms with E-state index in [9.17, 15) is 14.9 Å². The minimum absolute atomic E-state index is 0.0407. The fraction of sp³-hybridized carbons (Fsp3) is 0.100. The topological polar surface area (TPSA) is 76.0 Å². The third kappa shape index (κ3) is 1.87. The van der Waals surface area contributed by atoms with Crippen molar-refractivity contribution in [2.24, 2.45) is 0 Å². The number of aromatic amines is 1. The Kier molecular flexibility index (Phi) is 2.57. The number of nitrogens with one attached hydrogen (secondary N) is 1. The Bertz CT molecular complexity index is 583. The third-order valence-corrected chi connectivity index (χ3v) is 2.99. The molecule has 0 aliphatic heterocycles. The third-order valence-electron chi connectivity index (χ3n) is 2.19. The first-order valence-corrected chi connectivity index (χ1v) is 5.34. The lowest BCUT2D eigenvalue weighted by Gasteiger charge is -1.98. The van der Waals surface area contributed by atoms with E-state index in [2.05, 4.69) is 4.98 Å². The summed E-state index contributed by atoms with van der Waals surface area (Å²) in [5.74, 6) is 0. The minimum atomic E-state index is -0.451. The monoisotopic (exact) mass is 236 g/mol. The van der Waals surface area contributed by atoms with Crippen LogP contribution in [0.15, 0.2) is 29.1 Å². The van der Waals surface area contributed by atoms with Crippen molar-refractivity contribution in [1.29, 1.82) is 0 Å². The molecule has 5 nitrogen and oxygen atoms in total. The van der Waals surface area contributed by atoms with Gasteiger partial charge in [0.1, 0.15) is 0 Å². The van der Waals surface area contributed by atoms with E-state index in [1.54, 1.807) is 12.1 Å². The van der Waals surface area contributed by atoms with Crippen LogP contribution in [0.25, 0.3) is 11.3 Å². The minimum Gasteiger partial charge on any atom is -0.312 e. The molecule has 0 saturated heterocycles. The van der Waals surface area contributed by atoms with Crippen molar-refractivity contribution in [2.45, 2.75) is 6.92 Å². The summed E-state index contributed by atoms with van der Waals surface area (Å²) in [6, 6.07) is 6.10. The van der Waals surface area contributed by atoms with Gasteiger partial charge >= 0.3 is 4.87 Å². The van der Waals surface area contributed by atoms with Crippen LogP contribution < -0.4 is 4.87 Å². The van der Waals surface area contributed by atoms with E-state index >= 15 is 0 Å². The van der Waals surface area contributed by atoms with Crippen molar-refractivity contribution in [2.75, 3.05) is 0 Å². The van der Waals surface area contributed by atoms with Crippen molar-refractivity contribution >= 4 is 17.0 Å². The Balaban J connectivity index is 2.46. The predicted molar refractivity (Wildman–Crippen MR) is 61.8 cm³/mol. The first-order valence-electron chi connectivity index (χ1n) is 4.52. The number of non-ortho nitro benzene ring substituents is 1. The molecule has 0 fully saturated rings. The molecule has 6 heteroatoms. The average Bonchev–Trinajstić information content (AvgIpc) is 2.58. The molecular formula is C10H8N2O3S. The molecule has 1 aromatic carbocycles. The number of nitro benzene ring substituents is 1. The van der Waals surface area contributed by atoms with Gasteiger partial charge in [0.2, 0.25) is 0 Å². The maximum atomic E-state index is 11.1. The summed E-state index contributed by atoms with van der Waals surface area (Å²) in [5.41, 5.74) is 1.55. The summed E-state index contributed by atoms with van der Waals surface area (Å²) in [4.78, 5) is 24.6. The highest BCUT2D eigenvalue weighted by atomic mass is 32.1.